The molecule has 0 radical (unpaired) electrons. The molecule has 1 aromatic heterocycles. The van der Waals surface area contributed by atoms with Gasteiger partial charge in [0.1, 0.15) is 22.7 Å². The number of aliphatic imine (C=N–C) groups is 1. The van der Waals surface area contributed by atoms with Crippen LogP contribution in [0.2, 0.25) is 0 Å². The zero-order chi connectivity index (χ0) is 21.8. The number of ether oxygens (including phenoxy) is 1. The SMILES string of the molecule is COc1ccc(NC2=Nc3nc(c(C#N)c(-c4ccc(C)cc4)c3C#CN)SC2)cc1. The van der Waals surface area contributed by atoms with Crippen LogP contribution in [0.1, 0.15) is 16.7 Å². The fraction of sp³-hybridized carbons (Fsp3) is 0.125. The third kappa shape index (κ3) is 4.18. The molecule has 2 aromatic carbocycles. The van der Waals surface area contributed by atoms with Crippen molar-refractivity contribution in [2.75, 3.05) is 18.2 Å². The van der Waals surface area contributed by atoms with E-state index in [0.29, 0.717) is 39.1 Å². The third-order valence-corrected chi connectivity index (χ3v) is 5.75. The van der Waals surface area contributed by atoms with Crippen molar-refractivity contribution >= 4 is 29.1 Å². The summed E-state index contributed by atoms with van der Waals surface area (Å²) in [4.78, 5) is 9.36. The number of aromatic nitrogens is 1. The number of nitrogens with zero attached hydrogens (tertiary/aromatic N) is 3. The summed E-state index contributed by atoms with van der Waals surface area (Å²) in [5.41, 5.74) is 10.2. The number of aryl methyl sites for hydroxylation is 1. The number of nitrogens with one attached hydrogen (secondary N) is 1. The molecule has 0 atom stereocenters. The van der Waals surface area contributed by atoms with Crippen molar-refractivity contribution in [3.8, 4) is 34.9 Å². The largest absolute Gasteiger partial charge is 0.497 e. The van der Waals surface area contributed by atoms with Crippen LogP contribution < -0.4 is 15.8 Å². The molecular weight excluding hydrogens is 406 g/mol. The van der Waals surface area contributed by atoms with Crippen LogP contribution in [0.4, 0.5) is 11.5 Å². The number of methoxy groups -OCH3 is 1. The van der Waals surface area contributed by atoms with Gasteiger partial charge in [0.15, 0.2) is 5.82 Å². The minimum absolute atomic E-state index is 0.448. The molecule has 4 rings (SSSR count). The molecule has 0 saturated carbocycles. The predicted octanol–water partition coefficient (Wildman–Crippen LogP) is 4.45. The zero-order valence-corrected chi connectivity index (χ0v) is 17.9. The molecule has 3 aromatic rings. The lowest BCUT2D eigenvalue weighted by Gasteiger charge is -2.12. The van der Waals surface area contributed by atoms with E-state index in [9.17, 15) is 5.26 Å². The summed E-state index contributed by atoms with van der Waals surface area (Å²) in [6.07, 6.45) is 0. The Hall–Kier alpha value is -3.94. The number of pyridine rings is 1. The van der Waals surface area contributed by atoms with Crippen molar-refractivity contribution in [2.24, 2.45) is 10.7 Å². The Morgan fingerprint density at radius 2 is 1.84 bits per heavy atom. The van der Waals surface area contributed by atoms with E-state index >= 15 is 0 Å². The van der Waals surface area contributed by atoms with E-state index in [1.807, 2.05) is 55.5 Å². The highest BCUT2D eigenvalue weighted by Crippen LogP contribution is 2.39. The van der Waals surface area contributed by atoms with Crippen molar-refractivity contribution in [3.63, 3.8) is 0 Å². The van der Waals surface area contributed by atoms with Crippen LogP contribution >= 0.6 is 11.8 Å². The van der Waals surface area contributed by atoms with E-state index in [1.54, 1.807) is 7.11 Å². The Morgan fingerprint density at radius 3 is 2.48 bits per heavy atom. The van der Waals surface area contributed by atoms with Crippen LogP contribution in [0.25, 0.3) is 11.1 Å². The fourth-order valence-corrected chi connectivity index (χ4v) is 4.10. The highest BCUT2D eigenvalue weighted by molar-refractivity contribution is 8.00. The number of nitrogens with two attached hydrogens (primary N) is 1. The molecule has 0 saturated heterocycles. The molecule has 0 unspecified atom stereocenters. The summed E-state index contributed by atoms with van der Waals surface area (Å²) in [6, 6.07) is 20.3. The van der Waals surface area contributed by atoms with Crippen LogP contribution in [0, 0.1) is 30.2 Å². The van der Waals surface area contributed by atoms with Gasteiger partial charge in [-0.1, -0.05) is 41.6 Å². The maximum absolute atomic E-state index is 9.95. The number of hydrogen-bond donors (Lipinski definition) is 2. The second-order valence-corrected chi connectivity index (χ2v) is 7.78. The maximum Gasteiger partial charge on any atom is 0.171 e. The number of nitriles is 1. The lowest BCUT2D eigenvalue weighted by molar-refractivity contribution is 0.415. The molecule has 0 fully saturated rings. The van der Waals surface area contributed by atoms with Crippen molar-refractivity contribution in [1.29, 1.82) is 5.26 Å². The minimum atomic E-state index is 0.448. The van der Waals surface area contributed by atoms with Gasteiger partial charge in [-0.2, -0.15) is 5.26 Å². The van der Waals surface area contributed by atoms with E-state index in [2.05, 4.69) is 28.3 Å². The Morgan fingerprint density at radius 1 is 1.10 bits per heavy atom. The van der Waals surface area contributed by atoms with Gasteiger partial charge in [-0.05, 0) is 42.7 Å². The molecule has 6 nitrogen and oxygen atoms in total. The molecule has 0 amide bonds. The Kier molecular flexibility index (Phi) is 5.79. The van der Waals surface area contributed by atoms with Gasteiger partial charge in [0.25, 0.3) is 0 Å². The molecule has 3 N–H and O–H groups in total. The first-order valence-electron chi connectivity index (χ1n) is 9.51. The zero-order valence-electron chi connectivity index (χ0n) is 17.1. The maximum atomic E-state index is 9.95. The van der Waals surface area contributed by atoms with E-state index in [1.165, 1.54) is 11.8 Å². The molecule has 0 spiro atoms. The summed E-state index contributed by atoms with van der Waals surface area (Å²) >= 11 is 1.47. The summed E-state index contributed by atoms with van der Waals surface area (Å²) in [5.74, 6) is 5.39. The minimum Gasteiger partial charge on any atom is -0.497 e. The molecule has 0 aliphatic carbocycles. The normalized spacial score (nSPS) is 12.0. The van der Waals surface area contributed by atoms with Crippen molar-refractivity contribution in [2.45, 2.75) is 11.9 Å². The quantitative estimate of drug-likeness (QED) is 0.475. The smallest absolute Gasteiger partial charge is 0.171 e. The number of anilines is 1. The average Bonchev–Trinajstić information content (AvgIpc) is 2.97. The molecule has 1 aliphatic heterocycles. The second kappa shape index (κ2) is 8.83. The van der Waals surface area contributed by atoms with Gasteiger partial charge in [-0.25, -0.2) is 9.98 Å². The van der Waals surface area contributed by atoms with Crippen molar-refractivity contribution in [1.82, 2.24) is 4.98 Å². The molecule has 7 heteroatoms. The molecule has 152 valence electrons. The Balaban J connectivity index is 1.83. The lowest BCUT2D eigenvalue weighted by atomic mass is 9.96. The summed E-state index contributed by atoms with van der Waals surface area (Å²) < 4.78 is 5.21. The van der Waals surface area contributed by atoms with Gasteiger partial charge in [0, 0.05) is 17.3 Å². The monoisotopic (exact) mass is 425 g/mol. The number of rotatable bonds is 3. The summed E-state index contributed by atoms with van der Waals surface area (Å²) in [5, 5.41) is 13.9. The second-order valence-electron chi connectivity index (χ2n) is 6.81. The topological polar surface area (TPSA) is 96.3 Å². The van der Waals surface area contributed by atoms with Gasteiger partial charge in [-0.15, -0.1) is 0 Å². The predicted molar refractivity (Wildman–Crippen MR) is 125 cm³/mol. The molecule has 2 heterocycles. The Bertz CT molecular complexity index is 1260. The number of amidine groups is 1. The first-order valence-corrected chi connectivity index (χ1v) is 10.5. The van der Waals surface area contributed by atoms with E-state index < -0.39 is 0 Å². The number of benzene rings is 2. The molecule has 2 bridgehead atoms. The van der Waals surface area contributed by atoms with Crippen molar-refractivity contribution < 1.29 is 4.74 Å². The van der Waals surface area contributed by atoms with Crippen LogP contribution in [-0.4, -0.2) is 23.7 Å². The van der Waals surface area contributed by atoms with E-state index in [-0.39, 0.29) is 0 Å². The van der Waals surface area contributed by atoms with Gasteiger partial charge >= 0.3 is 0 Å². The van der Waals surface area contributed by atoms with E-state index in [4.69, 9.17) is 15.5 Å². The number of fused-ring (bicyclic) bond motifs is 2. The third-order valence-electron chi connectivity index (χ3n) is 4.76. The lowest BCUT2D eigenvalue weighted by Crippen LogP contribution is -2.14. The van der Waals surface area contributed by atoms with Crippen LogP contribution in [0.15, 0.2) is 58.5 Å². The first kappa shape index (κ1) is 20.3. The standard InChI is InChI=1S/C24H19N5OS/c1-15-3-5-16(6-4-15)22-19(11-12-25)23-28-21(14-31-24(29-23)20(22)13-26)27-17-7-9-18(30-2)10-8-17/h3-10H,14,25H2,1-2H3,(H,27,28,29). The van der Waals surface area contributed by atoms with Crippen LogP contribution in [0.5, 0.6) is 5.75 Å². The van der Waals surface area contributed by atoms with E-state index in [0.717, 1.165) is 22.6 Å². The van der Waals surface area contributed by atoms with Gasteiger partial charge in [0.05, 0.1) is 24.0 Å². The van der Waals surface area contributed by atoms with Gasteiger partial charge in [-0.3, -0.25) is 0 Å². The highest BCUT2D eigenvalue weighted by Gasteiger charge is 2.23. The number of hydrogen-bond acceptors (Lipinski definition) is 7. The van der Waals surface area contributed by atoms with Gasteiger partial charge in [0.2, 0.25) is 0 Å². The molecule has 1 aliphatic rings. The highest BCUT2D eigenvalue weighted by atomic mass is 32.2. The van der Waals surface area contributed by atoms with Crippen LogP contribution in [0.3, 0.4) is 0 Å². The van der Waals surface area contributed by atoms with Crippen molar-refractivity contribution in [3.05, 3.63) is 65.2 Å². The van der Waals surface area contributed by atoms with Gasteiger partial charge < -0.3 is 15.8 Å². The Labute approximate surface area is 185 Å². The van der Waals surface area contributed by atoms with Crippen LogP contribution in [-0.2, 0) is 0 Å². The fourth-order valence-electron chi connectivity index (χ4n) is 3.24. The summed E-state index contributed by atoms with van der Waals surface area (Å²) in [7, 11) is 1.63. The molecular formula is C24H19N5OS. The number of thioether (sulfide) groups is 1. The molecule has 31 heavy (non-hydrogen) atoms. The average molecular weight is 426 g/mol. The first-order chi connectivity index (χ1) is 15.1. The summed E-state index contributed by atoms with van der Waals surface area (Å²) in [6.45, 7) is 2.02.